The van der Waals surface area contributed by atoms with Gasteiger partial charge in [-0.25, -0.2) is 0 Å². The summed E-state index contributed by atoms with van der Waals surface area (Å²) in [6.07, 6.45) is 2.51. The standard InChI is InChI=1S/C17H24N4O4.ClH/c1-18-16(12-8-20-21(2)10-12)17(23)19-9-15(22)11-5-13(24-3)7-14(6-11)25-4;/h5-8,10,15-16,18,22H,9H2,1-4H3,(H,19,23);1H. The highest BCUT2D eigenvalue weighted by Crippen LogP contribution is 2.26. The van der Waals surface area contributed by atoms with Crippen LogP contribution >= 0.6 is 12.4 Å². The Labute approximate surface area is 158 Å². The van der Waals surface area contributed by atoms with Gasteiger partial charge in [-0.3, -0.25) is 9.48 Å². The van der Waals surface area contributed by atoms with E-state index in [0.717, 1.165) is 5.56 Å². The molecule has 144 valence electrons. The van der Waals surface area contributed by atoms with Crippen LogP contribution in [0, 0.1) is 0 Å². The lowest BCUT2D eigenvalue weighted by Crippen LogP contribution is -2.37. The Hall–Kier alpha value is -2.29. The number of ether oxygens (including phenoxy) is 2. The molecule has 0 aliphatic heterocycles. The van der Waals surface area contributed by atoms with Gasteiger partial charge in [-0.05, 0) is 24.7 Å². The van der Waals surface area contributed by atoms with Crippen LogP contribution in [0.25, 0.3) is 0 Å². The number of carbonyl (C=O) groups excluding carboxylic acids is 1. The second kappa shape index (κ2) is 10.0. The van der Waals surface area contributed by atoms with Gasteiger partial charge in [-0.15, -0.1) is 12.4 Å². The summed E-state index contributed by atoms with van der Waals surface area (Å²) >= 11 is 0. The lowest BCUT2D eigenvalue weighted by Gasteiger charge is -2.18. The number of aryl methyl sites for hydroxylation is 1. The van der Waals surface area contributed by atoms with E-state index >= 15 is 0 Å². The SMILES string of the molecule is CNC(C(=O)NCC(O)c1cc(OC)cc(OC)c1)c1cnn(C)c1.Cl. The van der Waals surface area contributed by atoms with Crippen molar-refractivity contribution in [2.45, 2.75) is 12.1 Å². The number of aliphatic hydroxyl groups excluding tert-OH is 1. The van der Waals surface area contributed by atoms with Crippen LogP contribution in [0.3, 0.4) is 0 Å². The Balaban J connectivity index is 0.00000338. The molecule has 8 nitrogen and oxygen atoms in total. The van der Waals surface area contributed by atoms with Gasteiger partial charge in [-0.2, -0.15) is 5.10 Å². The average Bonchev–Trinajstić information content (AvgIpc) is 3.05. The number of nitrogens with zero attached hydrogens (tertiary/aromatic N) is 2. The molecule has 1 amide bonds. The van der Waals surface area contributed by atoms with Crippen molar-refractivity contribution in [2.24, 2.45) is 7.05 Å². The summed E-state index contributed by atoms with van der Waals surface area (Å²) < 4.78 is 12.0. The topological polar surface area (TPSA) is 97.6 Å². The van der Waals surface area contributed by atoms with E-state index < -0.39 is 12.1 Å². The first-order chi connectivity index (χ1) is 12.0. The summed E-state index contributed by atoms with van der Waals surface area (Å²) in [6, 6.07) is 4.58. The van der Waals surface area contributed by atoms with E-state index in [1.54, 1.807) is 49.4 Å². The fourth-order valence-corrected chi connectivity index (χ4v) is 2.48. The average molecular weight is 385 g/mol. The van der Waals surface area contributed by atoms with Crippen molar-refractivity contribution in [2.75, 3.05) is 27.8 Å². The number of methoxy groups -OCH3 is 2. The summed E-state index contributed by atoms with van der Waals surface area (Å²) in [5.41, 5.74) is 1.35. The maximum absolute atomic E-state index is 12.4. The molecule has 9 heteroatoms. The third-order valence-corrected chi connectivity index (χ3v) is 3.84. The second-order valence-corrected chi connectivity index (χ2v) is 5.58. The lowest BCUT2D eigenvalue weighted by atomic mass is 10.1. The minimum absolute atomic E-state index is 0. The van der Waals surface area contributed by atoms with Gasteiger partial charge in [0, 0.05) is 31.4 Å². The van der Waals surface area contributed by atoms with E-state index in [1.165, 1.54) is 14.2 Å². The predicted octanol–water partition coefficient (Wildman–Crippen LogP) is 0.969. The number of amides is 1. The van der Waals surface area contributed by atoms with Crippen molar-refractivity contribution >= 4 is 18.3 Å². The van der Waals surface area contributed by atoms with Gasteiger partial charge in [0.2, 0.25) is 5.91 Å². The number of hydrogen-bond donors (Lipinski definition) is 3. The zero-order valence-electron chi connectivity index (χ0n) is 15.2. The van der Waals surface area contributed by atoms with Crippen LogP contribution in [-0.2, 0) is 11.8 Å². The van der Waals surface area contributed by atoms with Crippen LogP contribution in [0.15, 0.2) is 30.6 Å². The Morgan fingerprint density at radius 2 is 1.85 bits per heavy atom. The number of aromatic nitrogens is 2. The fourth-order valence-electron chi connectivity index (χ4n) is 2.48. The number of benzene rings is 1. The van der Waals surface area contributed by atoms with Crippen molar-refractivity contribution < 1.29 is 19.4 Å². The van der Waals surface area contributed by atoms with Gasteiger partial charge in [-0.1, -0.05) is 0 Å². The Bertz CT molecular complexity index is 700. The molecule has 0 saturated carbocycles. The van der Waals surface area contributed by atoms with Crippen LogP contribution in [-0.4, -0.2) is 48.6 Å². The number of halogens is 1. The van der Waals surface area contributed by atoms with Gasteiger partial charge in [0.25, 0.3) is 0 Å². The van der Waals surface area contributed by atoms with Gasteiger partial charge < -0.3 is 25.2 Å². The molecule has 1 aromatic carbocycles. The number of aliphatic hydroxyl groups is 1. The van der Waals surface area contributed by atoms with Gasteiger partial charge in [0.05, 0.1) is 26.5 Å². The third kappa shape index (κ3) is 5.35. The normalized spacial score (nSPS) is 12.7. The molecule has 1 heterocycles. The minimum Gasteiger partial charge on any atom is -0.497 e. The van der Waals surface area contributed by atoms with Crippen molar-refractivity contribution in [3.05, 3.63) is 41.7 Å². The van der Waals surface area contributed by atoms with E-state index in [2.05, 4.69) is 15.7 Å². The minimum atomic E-state index is -0.889. The van der Waals surface area contributed by atoms with Crippen LogP contribution < -0.4 is 20.1 Å². The zero-order valence-corrected chi connectivity index (χ0v) is 16.0. The quantitative estimate of drug-likeness (QED) is 0.627. The molecular weight excluding hydrogens is 360 g/mol. The molecular formula is C17H25ClN4O4. The molecule has 0 bridgehead atoms. The van der Waals surface area contributed by atoms with Crippen molar-refractivity contribution in [3.63, 3.8) is 0 Å². The van der Waals surface area contributed by atoms with Crippen LogP contribution in [0.4, 0.5) is 0 Å². The summed E-state index contributed by atoms with van der Waals surface area (Å²) in [5, 5.41) is 20.1. The first kappa shape index (κ1) is 21.8. The molecule has 1 aromatic heterocycles. The summed E-state index contributed by atoms with van der Waals surface area (Å²) in [5.74, 6) is 0.899. The highest BCUT2D eigenvalue weighted by atomic mass is 35.5. The monoisotopic (exact) mass is 384 g/mol. The van der Waals surface area contributed by atoms with Gasteiger partial charge >= 0.3 is 0 Å². The number of hydrogen-bond acceptors (Lipinski definition) is 6. The molecule has 3 N–H and O–H groups in total. The molecule has 2 rings (SSSR count). The molecule has 2 unspecified atom stereocenters. The van der Waals surface area contributed by atoms with Crippen molar-refractivity contribution in [1.82, 2.24) is 20.4 Å². The molecule has 2 atom stereocenters. The molecule has 2 aromatic rings. The Morgan fingerprint density at radius 3 is 2.31 bits per heavy atom. The fraction of sp³-hybridized carbons (Fsp3) is 0.412. The number of nitrogens with one attached hydrogen (secondary N) is 2. The molecule has 0 spiro atoms. The molecule has 26 heavy (non-hydrogen) atoms. The van der Waals surface area contributed by atoms with E-state index in [0.29, 0.717) is 17.1 Å². The number of likely N-dealkylation sites (N-methyl/N-ethyl adjacent to an activating group) is 1. The third-order valence-electron chi connectivity index (χ3n) is 3.84. The summed E-state index contributed by atoms with van der Waals surface area (Å²) in [4.78, 5) is 12.4. The highest BCUT2D eigenvalue weighted by Gasteiger charge is 2.21. The van der Waals surface area contributed by atoms with Crippen LogP contribution in [0.5, 0.6) is 11.5 Å². The second-order valence-electron chi connectivity index (χ2n) is 5.58. The largest absolute Gasteiger partial charge is 0.497 e. The molecule has 0 aliphatic carbocycles. The van der Waals surface area contributed by atoms with E-state index in [4.69, 9.17) is 9.47 Å². The first-order valence-electron chi connectivity index (χ1n) is 7.83. The lowest BCUT2D eigenvalue weighted by molar-refractivity contribution is -0.123. The highest BCUT2D eigenvalue weighted by molar-refractivity contribution is 5.85. The summed E-state index contributed by atoms with van der Waals surface area (Å²) in [6.45, 7) is 0.0631. The van der Waals surface area contributed by atoms with E-state index in [1.807, 2.05) is 0 Å². The van der Waals surface area contributed by atoms with Gasteiger partial charge in [0.15, 0.2) is 0 Å². The molecule has 0 radical (unpaired) electrons. The van der Waals surface area contributed by atoms with Crippen LogP contribution in [0.2, 0.25) is 0 Å². The van der Waals surface area contributed by atoms with Crippen molar-refractivity contribution in [3.8, 4) is 11.5 Å². The molecule has 0 aliphatic rings. The first-order valence-corrected chi connectivity index (χ1v) is 7.83. The Kier molecular flexibility index (Phi) is 8.37. The van der Waals surface area contributed by atoms with Crippen molar-refractivity contribution in [1.29, 1.82) is 0 Å². The molecule has 0 fully saturated rings. The zero-order chi connectivity index (χ0) is 18.4. The van der Waals surface area contributed by atoms with E-state index in [-0.39, 0.29) is 24.9 Å². The smallest absolute Gasteiger partial charge is 0.241 e. The number of rotatable bonds is 8. The van der Waals surface area contributed by atoms with E-state index in [9.17, 15) is 9.90 Å². The Morgan fingerprint density at radius 1 is 1.23 bits per heavy atom. The molecule has 0 saturated heterocycles. The maximum atomic E-state index is 12.4. The van der Waals surface area contributed by atoms with Gasteiger partial charge in [0.1, 0.15) is 17.5 Å². The number of carbonyl (C=O) groups is 1. The van der Waals surface area contributed by atoms with Crippen LogP contribution in [0.1, 0.15) is 23.3 Å². The predicted molar refractivity (Wildman–Crippen MR) is 99.8 cm³/mol. The maximum Gasteiger partial charge on any atom is 0.241 e. The summed E-state index contributed by atoms with van der Waals surface area (Å²) in [7, 11) is 6.56.